The molecule has 0 aliphatic heterocycles. The van der Waals surface area contributed by atoms with E-state index in [2.05, 4.69) is 24.4 Å². The number of rotatable bonds is 12. The number of hydrogen-bond donors (Lipinski definition) is 1. The first-order chi connectivity index (χ1) is 12.7. The zero-order chi connectivity index (χ0) is 18.6. The molecule has 0 aliphatic carbocycles. The lowest BCUT2D eigenvalue weighted by molar-refractivity contribution is 0.306. The maximum atomic E-state index is 13.0. The van der Waals surface area contributed by atoms with Gasteiger partial charge in [0.05, 0.1) is 5.02 Å². The van der Waals surface area contributed by atoms with E-state index in [4.69, 9.17) is 16.3 Å². The molecular weight excluding hydrogens is 349 g/mol. The van der Waals surface area contributed by atoms with Gasteiger partial charge in [-0.25, -0.2) is 4.39 Å². The molecule has 26 heavy (non-hydrogen) atoms. The normalized spacial score (nSPS) is 10.9. The molecule has 0 aliphatic rings. The van der Waals surface area contributed by atoms with Crippen molar-refractivity contribution in [2.24, 2.45) is 0 Å². The predicted octanol–water partition coefficient (Wildman–Crippen LogP) is 6.51. The van der Waals surface area contributed by atoms with Crippen molar-refractivity contribution in [1.82, 2.24) is 5.32 Å². The molecule has 2 nitrogen and oxygen atoms in total. The van der Waals surface area contributed by atoms with E-state index in [9.17, 15) is 4.39 Å². The van der Waals surface area contributed by atoms with Crippen molar-refractivity contribution in [2.45, 2.75) is 58.6 Å². The van der Waals surface area contributed by atoms with Gasteiger partial charge in [0.2, 0.25) is 0 Å². The van der Waals surface area contributed by atoms with Gasteiger partial charge in [0.15, 0.2) is 0 Å². The van der Waals surface area contributed by atoms with E-state index in [-0.39, 0.29) is 5.82 Å². The monoisotopic (exact) mass is 377 g/mol. The first-order valence-corrected chi connectivity index (χ1v) is 9.93. The molecule has 0 amide bonds. The second-order valence-electron chi connectivity index (χ2n) is 6.61. The van der Waals surface area contributed by atoms with Crippen molar-refractivity contribution >= 4 is 11.6 Å². The van der Waals surface area contributed by atoms with E-state index in [0.717, 1.165) is 24.4 Å². The first kappa shape index (κ1) is 20.7. The van der Waals surface area contributed by atoms with Crippen molar-refractivity contribution in [3.05, 3.63) is 64.4 Å². The van der Waals surface area contributed by atoms with Gasteiger partial charge in [-0.2, -0.15) is 0 Å². The molecule has 0 radical (unpaired) electrons. The number of hydrogen-bond acceptors (Lipinski definition) is 2. The summed E-state index contributed by atoms with van der Waals surface area (Å²) in [7, 11) is 0. The minimum absolute atomic E-state index is 0.328. The minimum Gasteiger partial charge on any atom is -0.489 e. The zero-order valence-electron chi connectivity index (χ0n) is 15.6. The molecule has 0 saturated carbocycles. The second kappa shape index (κ2) is 11.9. The van der Waals surface area contributed by atoms with E-state index in [1.165, 1.54) is 56.2 Å². The summed E-state index contributed by atoms with van der Waals surface area (Å²) in [5, 5.41) is 3.88. The van der Waals surface area contributed by atoms with Gasteiger partial charge < -0.3 is 10.1 Å². The van der Waals surface area contributed by atoms with Gasteiger partial charge in [0, 0.05) is 12.1 Å². The van der Waals surface area contributed by atoms with Crippen LogP contribution in [-0.4, -0.2) is 6.54 Å². The third kappa shape index (κ3) is 7.76. The minimum atomic E-state index is -0.337. The summed E-state index contributed by atoms with van der Waals surface area (Å²) in [6.45, 7) is 4.51. The Labute approximate surface area is 161 Å². The van der Waals surface area contributed by atoms with Crippen molar-refractivity contribution in [3.8, 4) is 5.75 Å². The SMILES string of the molecule is CCCCCCCCNCc1ccc(OCc2ccc(F)cc2Cl)cc1. The zero-order valence-corrected chi connectivity index (χ0v) is 16.3. The standard InChI is InChI=1S/C22H29ClFNO/c1-2-3-4-5-6-7-14-25-16-18-8-12-21(13-9-18)26-17-19-10-11-20(24)15-22(19)23/h8-13,15,25H,2-7,14,16-17H2,1H3. The van der Waals surface area contributed by atoms with Crippen LogP contribution in [0.4, 0.5) is 4.39 Å². The Kier molecular flexibility index (Phi) is 9.51. The average Bonchev–Trinajstić information content (AvgIpc) is 2.64. The Hall–Kier alpha value is -1.58. The number of halogens is 2. The summed E-state index contributed by atoms with van der Waals surface area (Å²) in [6.07, 6.45) is 7.92. The Morgan fingerprint density at radius 3 is 2.42 bits per heavy atom. The van der Waals surface area contributed by atoms with E-state index in [1.54, 1.807) is 6.07 Å². The van der Waals surface area contributed by atoms with E-state index in [1.807, 2.05) is 12.1 Å². The molecule has 0 aromatic heterocycles. The van der Waals surface area contributed by atoms with Gasteiger partial charge in [-0.1, -0.05) is 68.8 Å². The van der Waals surface area contributed by atoms with Crippen LogP contribution >= 0.6 is 11.6 Å². The Morgan fingerprint density at radius 1 is 0.962 bits per heavy atom. The summed E-state index contributed by atoms with van der Waals surface area (Å²) >= 11 is 6.01. The van der Waals surface area contributed by atoms with Crippen molar-refractivity contribution in [2.75, 3.05) is 6.54 Å². The summed E-state index contributed by atoms with van der Waals surface area (Å²) in [4.78, 5) is 0. The van der Waals surface area contributed by atoms with Crippen molar-refractivity contribution in [1.29, 1.82) is 0 Å². The summed E-state index contributed by atoms with van der Waals surface area (Å²) in [6, 6.07) is 12.4. The Bertz CT molecular complexity index is 645. The third-order valence-corrected chi connectivity index (χ3v) is 4.72. The molecule has 0 saturated heterocycles. The molecule has 0 fully saturated rings. The molecule has 2 rings (SSSR count). The highest BCUT2D eigenvalue weighted by molar-refractivity contribution is 6.31. The van der Waals surface area contributed by atoms with Crippen LogP contribution in [0, 0.1) is 5.82 Å². The molecule has 1 N–H and O–H groups in total. The average molecular weight is 378 g/mol. The molecule has 0 atom stereocenters. The van der Waals surface area contributed by atoms with Gasteiger partial charge in [-0.3, -0.25) is 0 Å². The van der Waals surface area contributed by atoms with E-state index < -0.39 is 0 Å². The Balaban J connectivity index is 1.64. The van der Waals surface area contributed by atoms with E-state index in [0.29, 0.717) is 11.6 Å². The van der Waals surface area contributed by atoms with Crippen molar-refractivity contribution in [3.63, 3.8) is 0 Å². The van der Waals surface area contributed by atoms with Crippen LogP contribution in [-0.2, 0) is 13.2 Å². The first-order valence-electron chi connectivity index (χ1n) is 9.55. The maximum absolute atomic E-state index is 13.0. The summed E-state index contributed by atoms with van der Waals surface area (Å²) in [5.74, 6) is 0.446. The fourth-order valence-corrected chi connectivity index (χ4v) is 2.99. The second-order valence-corrected chi connectivity index (χ2v) is 7.02. The quantitative estimate of drug-likeness (QED) is 0.426. The van der Waals surface area contributed by atoms with Crippen LogP contribution in [0.5, 0.6) is 5.75 Å². The topological polar surface area (TPSA) is 21.3 Å². The molecule has 0 spiro atoms. The van der Waals surface area contributed by atoms with Crippen LogP contribution in [0.15, 0.2) is 42.5 Å². The van der Waals surface area contributed by atoms with E-state index >= 15 is 0 Å². The number of ether oxygens (including phenoxy) is 1. The van der Waals surface area contributed by atoms with Crippen LogP contribution < -0.4 is 10.1 Å². The van der Waals surface area contributed by atoms with Crippen molar-refractivity contribution < 1.29 is 9.13 Å². The number of benzene rings is 2. The van der Waals surface area contributed by atoms with Gasteiger partial charge in [-0.05, 0) is 42.8 Å². The number of unbranched alkanes of at least 4 members (excludes halogenated alkanes) is 5. The lowest BCUT2D eigenvalue weighted by atomic mass is 10.1. The molecule has 0 bridgehead atoms. The molecule has 2 aromatic rings. The molecule has 0 heterocycles. The maximum Gasteiger partial charge on any atom is 0.124 e. The summed E-state index contributed by atoms with van der Waals surface area (Å²) in [5.41, 5.74) is 2.01. The third-order valence-electron chi connectivity index (χ3n) is 4.37. The molecule has 4 heteroatoms. The van der Waals surface area contributed by atoms with Gasteiger partial charge in [0.25, 0.3) is 0 Å². The van der Waals surface area contributed by atoms with Crippen LogP contribution in [0.25, 0.3) is 0 Å². The van der Waals surface area contributed by atoms with Crippen LogP contribution in [0.2, 0.25) is 5.02 Å². The molecular formula is C22H29ClFNO. The van der Waals surface area contributed by atoms with Crippen LogP contribution in [0.3, 0.4) is 0 Å². The van der Waals surface area contributed by atoms with Gasteiger partial charge in [-0.15, -0.1) is 0 Å². The fourth-order valence-electron chi connectivity index (χ4n) is 2.77. The van der Waals surface area contributed by atoms with Gasteiger partial charge >= 0.3 is 0 Å². The lowest BCUT2D eigenvalue weighted by Gasteiger charge is -2.09. The molecule has 142 valence electrons. The summed E-state index contributed by atoms with van der Waals surface area (Å²) < 4.78 is 18.8. The van der Waals surface area contributed by atoms with Gasteiger partial charge in [0.1, 0.15) is 18.2 Å². The highest BCUT2D eigenvalue weighted by atomic mass is 35.5. The Morgan fingerprint density at radius 2 is 1.69 bits per heavy atom. The number of nitrogens with one attached hydrogen (secondary N) is 1. The smallest absolute Gasteiger partial charge is 0.124 e. The highest BCUT2D eigenvalue weighted by Crippen LogP contribution is 2.20. The van der Waals surface area contributed by atoms with Crippen LogP contribution in [0.1, 0.15) is 56.6 Å². The molecule has 0 unspecified atom stereocenters. The molecule has 2 aromatic carbocycles. The lowest BCUT2D eigenvalue weighted by Crippen LogP contribution is -2.14. The fraction of sp³-hybridized carbons (Fsp3) is 0.455. The largest absolute Gasteiger partial charge is 0.489 e. The predicted molar refractivity (Wildman–Crippen MR) is 107 cm³/mol. The highest BCUT2D eigenvalue weighted by Gasteiger charge is 2.03.